The first-order chi connectivity index (χ1) is 7.79. The summed E-state index contributed by atoms with van der Waals surface area (Å²) in [4.78, 5) is 11.6. The molecule has 0 aliphatic carbocycles. The van der Waals surface area contributed by atoms with Crippen molar-refractivity contribution in [2.75, 3.05) is 12.3 Å². The van der Waals surface area contributed by atoms with Gasteiger partial charge in [-0.15, -0.1) is 0 Å². The van der Waals surface area contributed by atoms with Gasteiger partial charge in [0.15, 0.2) is 0 Å². The predicted octanol–water partition coefficient (Wildman–Crippen LogP) is 3.00. The minimum Gasteiger partial charge on any atom is -0.462 e. The molecule has 0 aliphatic rings. The highest BCUT2D eigenvalue weighted by Gasteiger charge is 2.13. The van der Waals surface area contributed by atoms with E-state index in [2.05, 4.69) is 20.8 Å². The molecule has 0 bridgehead atoms. The van der Waals surface area contributed by atoms with Gasteiger partial charge < -0.3 is 10.5 Å². The van der Waals surface area contributed by atoms with Crippen LogP contribution < -0.4 is 5.73 Å². The highest BCUT2D eigenvalue weighted by Crippen LogP contribution is 2.19. The number of hydrogen-bond donors (Lipinski definition) is 1. The van der Waals surface area contributed by atoms with E-state index in [1.165, 1.54) is 12.1 Å². The highest BCUT2D eigenvalue weighted by molar-refractivity contribution is 5.90. The molecule has 2 N–H and O–H groups in total. The standard InChI is InChI=1S/C13H18FNO2/c1-13(2,3)6-7-17-12(16)9-4-5-10(14)11(15)8-9/h4-5,8H,6-7,15H2,1-3H3. The SMILES string of the molecule is CC(C)(C)CCOC(=O)c1ccc(F)c(N)c1. The van der Waals surface area contributed by atoms with E-state index < -0.39 is 11.8 Å². The van der Waals surface area contributed by atoms with Crippen LogP contribution in [0.3, 0.4) is 0 Å². The van der Waals surface area contributed by atoms with Crippen LogP contribution in [-0.2, 0) is 4.74 Å². The van der Waals surface area contributed by atoms with Crippen molar-refractivity contribution in [3.05, 3.63) is 29.6 Å². The number of nitrogens with two attached hydrogens (primary N) is 1. The summed E-state index contributed by atoms with van der Waals surface area (Å²) in [5.41, 5.74) is 5.72. The van der Waals surface area contributed by atoms with Gasteiger partial charge in [-0.3, -0.25) is 0 Å². The monoisotopic (exact) mass is 239 g/mol. The maximum atomic E-state index is 12.9. The molecule has 0 amide bonds. The summed E-state index contributed by atoms with van der Waals surface area (Å²) in [6.45, 7) is 6.55. The molecule has 0 radical (unpaired) electrons. The lowest BCUT2D eigenvalue weighted by molar-refractivity contribution is 0.0465. The van der Waals surface area contributed by atoms with Gasteiger partial charge in [0.2, 0.25) is 0 Å². The Morgan fingerprint density at radius 2 is 2.06 bits per heavy atom. The highest BCUT2D eigenvalue weighted by atomic mass is 19.1. The minimum atomic E-state index is -0.531. The number of esters is 1. The number of hydrogen-bond acceptors (Lipinski definition) is 3. The van der Waals surface area contributed by atoms with E-state index in [1.807, 2.05) is 0 Å². The first-order valence-corrected chi connectivity index (χ1v) is 5.52. The number of ether oxygens (including phenoxy) is 1. The fraction of sp³-hybridized carbons (Fsp3) is 0.462. The van der Waals surface area contributed by atoms with Crippen LogP contribution in [0.1, 0.15) is 37.6 Å². The van der Waals surface area contributed by atoms with Crippen LogP contribution in [0.2, 0.25) is 0 Å². The quantitative estimate of drug-likeness (QED) is 0.651. The first kappa shape index (κ1) is 13.5. The molecule has 0 aromatic heterocycles. The molecule has 0 unspecified atom stereocenters. The summed E-state index contributed by atoms with van der Waals surface area (Å²) >= 11 is 0. The Morgan fingerprint density at radius 1 is 1.41 bits per heavy atom. The average Bonchev–Trinajstić information content (AvgIpc) is 2.20. The molecule has 0 atom stereocenters. The van der Waals surface area contributed by atoms with Crippen LogP contribution in [0, 0.1) is 11.2 Å². The largest absolute Gasteiger partial charge is 0.462 e. The fourth-order valence-corrected chi connectivity index (χ4v) is 1.20. The molecule has 0 aliphatic heterocycles. The van der Waals surface area contributed by atoms with Gasteiger partial charge in [-0.1, -0.05) is 20.8 Å². The minimum absolute atomic E-state index is 0.0460. The van der Waals surface area contributed by atoms with Crippen molar-refractivity contribution >= 4 is 11.7 Å². The Bertz CT molecular complexity index is 410. The first-order valence-electron chi connectivity index (χ1n) is 5.52. The van der Waals surface area contributed by atoms with Crippen molar-refractivity contribution < 1.29 is 13.9 Å². The van der Waals surface area contributed by atoms with Crippen molar-refractivity contribution in [2.45, 2.75) is 27.2 Å². The number of anilines is 1. The van der Waals surface area contributed by atoms with Crippen molar-refractivity contribution in [1.82, 2.24) is 0 Å². The van der Waals surface area contributed by atoms with Gasteiger partial charge in [0, 0.05) is 0 Å². The second kappa shape index (κ2) is 5.17. The molecule has 0 spiro atoms. The second-order valence-electron chi connectivity index (χ2n) is 5.18. The second-order valence-corrected chi connectivity index (χ2v) is 5.18. The van der Waals surface area contributed by atoms with Crippen LogP contribution in [0.5, 0.6) is 0 Å². The number of carbonyl (C=O) groups excluding carboxylic acids is 1. The summed E-state index contributed by atoms with van der Waals surface area (Å²) in [6.07, 6.45) is 0.773. The number of halogens is 1. The van der Waals surface area contributed by atoms with Crippen LogP contribution in [0.15, 0.2) is 18.2 Å². The predicted molar refractivity (Wildman–Crippen MR) is 65.2 cm³/mol. The number of carbonyl (C=O) groups is 1. The number of nitrogen functional groups attached to an aromatic ring is 1. The zero-order chi connectivity index (χ0) is 13.1. The van der Waals surface area contributed by atoms with Crippen LogP contribution >= 0.6 is 0 Å². The van der Waals surface area contributed by atoms with Gasteiger partial charge in [-0.25, -0.2) is 9.18 Å². The van der Waals surface area contributed by atoms with Crippen molar-refractivity contribution in [3.63, 3.8) is 0 Å². The maximum Gasteiger partial charge on any atom is 0.338 e. The summed E-state index contributed by atoms with van der Waals surface area (Å²) in [6, 6.07) is 3.82. The molecular weight excluding hydrogens is 221 g/mol. The lowest BCUT2D eigenvalue weighted by Gasteiger charge is -2.17. The van der Waals surface area contributed by atoms with E-state index >= 15 is 0 Å². The average molecular weight is 239 g/mol. The zero-order valence-electron chi connectivity index (χ0n) is 10.4. The van der Waals surface area contributed by atoms with E-state index in [0.717, 1.165) is 12.5 Å². The zero-order valence-corrected chi connectivity index (χ0v) is 10.4. The van der Waals surface area contributed by atoms with E-state index in [-0.39, 0.29) is 16.7 Å². The molecule has 3 nitrogen and oxygen atoms in total. The van der Waals surface area contributed by atoms with Crippen LogP contribution in [0.4, 0.5) is 10.1 Å². The third-order valence-corrected chi connectivity index (χ3v) is 2.32. The molecule has 0 fully saturated rings. The van der Waals surface area contributed by atoms with Crippen molar-refractivity contribution in [1.29, 1.82) is 0 Å². The van der Waals surface area contributed by atoms with E-state index in [9.17, 15) is 9.18 Å². The van der Waals surface area contributed by atoms with Gasteiger partial charge in [-0.2, -0.15) is 0 Å². The smallest absolute Gasteiger partial charge is 0.338 e. The summed E-state index contributed by atoms with van der Waals surface area (Å²) in [5.74, 6) is -1.00. The number of rotatable bonds is 3. The van der Waals surface area contributed by atoms with Gasteiger partial charge in [0.1, 0.15) is 5.82 Å². The Hall–Kier alpha value is -1.58. The molecule has 1 aromatic carbocycles. The van der Waals surface area contributed by atoms with Crippen LogP contribution in [-0.4, -0.2) is 12.6 Å². The van der Waals surface area contributed by atoms with Gasteiger partial charge in [-0.05, 0) is 30.0 Å². The Balaban J connectivity index is 2.56. The van der Waals surface area contributed by atoms with Crippen molar-refractivity contribution in [2.24, 2.45) is 5.41 Å². The molecule has 1 aromatic rings. The van der Waals surface area contributed by atoms with Gasteiger partial charge in [0.05, 0.1) is 17.9 Å². The molecule has 94 valence electrons. The molecule has 4 heteroatoms. The Labute approximate surface area is 101 Å². The maximum absolute atomic E-state index is 12.9. The fourth-order valence-electron chi connectivity index (χ4n) is 1.20. The Kier molecular flexibility index (Phi) is 4.10. The van der Waals surface area contributed by atoms with Gasteiger partial charge in [0.25, 0.3) is 0 Å². The van der Waals surface area contributed by atoms with E-state index in [1.54, 1.807) is 0 Å². The summed E-state index contributed by atoms with van der Waals surface area (Å²) in [7, 11) is 0. The third kappa shape index (κ3) is 4.43. The molecule has 1 rings (SSSR count). The van der Waals surface area contributed by atoms with Crippen molar-refractivity contribution in [3.8, 4) is 0 Å². The molecule has 17 heavy (non-hydrogen) atoms. The van der Waals surface area contributed by atoms with Gasteiger partial charge >= 0.3 is 5.97 Å². The molecule has 0 saturated heterocycles. The van der Waals surface area contributed by atoms with Crippen LogP contribution in [0.25, 0.3) is 0 Å². The Morgan fingerprint density at radius 3 is 2.59 bits per heavy atom. The molecular formula is C13H18FNO2. The topological polar surface area (TPSA) is 52.3 Å². The van der Waals surface area contributed by atoms with E-state index in [0.29, 0.717) is 6.61 Å². The number of benzene rings is 1. The lowest BCUT2D eigenvalue weighted by Crippen LogP contribution is -2.13. The normalized spacial score (nSPS) is 11.3. The summed E-state index contributed by atoms with van der Waals surface area (Å²) in [5, 5.41) is 0. The summed E-state index contributed by atoms with van der Waals surface area (Å²) < 4.78 is 18.0. The third-order valence-electron chi connectivity index (χ3n) is 2.32. The molecule has 0 heterocycles. The molecule has 0 saturated carbocycles. The van der Waals surface area contributed by atoms with E-state index in [4.69, 9.17) is 10.5 Å². The lowest BCUT2D eigenvalue weighted by atomic mass is 9.93.